The van der Waals surface area contributed by atoms with Crippen LogP contribution in [0.25, 0.3) is 0 Å². The summed E-state index contributed by atoms with van der Waals surface area (Å²) in [6.07, 6.45) is 11.9. The lowest BCUT2D eigenvalue weighted by Crippen LogP contribution is -2.47. The first kappa shape index (κ1) is 17.3. The van der Waals surface area contributed by atoms with Crippen LogP contribution in [0.3, 0.4) is 0 Å². The van der Waals surface area contributed by atoms with Gasteiger partial charge < -0.3 is 10.2 Å². The molecule has 2 aliphatic heterocycles. The molecule has 0 radical (unpaired) electrons. The number of amides is 2. The third-order valence-electron chi connectivity index (χ3n) is 6.90. The van der Waals surface area contributed by atoms with Gasteiger partial charge in [0.15, 0.2) is 0 Å². The number of allylic oxidation sites excluding steroid dienone is 2. The number of urea groups is 1. The molecule has 1 saturated heterocycles. The number of hydrogen-bond acceptors (Lipinski definition) is 3. The monoisotopic (exact) mass is 369 g/mol. The van der Waals surface area contributed by atoms with Gasteiger partial charge in [-0.05, 0) is 43.6 Å². The third kappa shape index (κ3) is 3.64. The van der Waals surface area contributed by atoms with Gasteiger partial charge in [-0.2, -0.15) is 5.10 Å². The van der Waals surface area contributed by atoms with Gasteiger partial charge in [-0.3, -0.25) is 9.58 Å². The number of aromatic nitrogens is 2. The molecule has 146 valence electrons. The van der Waals surface area contributed by atoms with E-state index in [0.717, 1.165) is 50.0 Å². The Hall–Kier alpha value is -1.82. The predicted octanol–water partition coefficient (Wildman–Crippen LogP) is 2.75. The molecule has 1 N–H and O–H groups in total. The smallest absolute Gasteiger partial charge is 0.318 e. The van der Waals surface area contributed by atoms with E-state index >= 15 is 0 Å². The average Bonchev–Trinajstić information content (AvgIpc) is 3.39. The highest BCUT2D eigenvalue weighted by Gasteiger charge is 2.33. The molecule has 0 aromatic carbocycles. The van der Waals surface area contributed by atoms with Gasteiger partial charge in [-0.25, -0.2) is 4.79 Å². The summed E-state index contributed by atoms with van der Waals surface area (Å²) >= 11 is 0. The molecule has 2 atom stereocenters. The third-order valence-corrected chi connectivity index (χ3v) is 6.90. The zero-order valence-electron chi connectivity index (χ0n) is 16.1. The van der Waals surface area contributed by atoms with Crippen LogP contribution >= 0.6 is 0 Å². The van der Waals surface area contributed by atoms with Crippen LogP contribution in [0.1, 0.15) is 49.9 Å². The highest BCUT2D eigenvalue weighted by atomic mass is 16.2. The van der Waals surface area contributed by atoms with Crippen LogP contribution in [-0.4, -0.2) is 51.3 Å². The second kappa shape index (κ2) is 7.30. The van der Waals surface area contributed by atoms with Crippen molar-refractivity contribution in [3.05, 3.63) is 29.6 Å². The van der Waals surface area contributed by atoms with Crippen LogP contribution in [0.4, 0.5) is 4.79 Å². The molecule has 6 heteroatoms. The highest BCUT2D eigenvalue weighted by Crippen LogP contribution is 2.33. The van der Waals surface area contributed by atoms with E-state index < -0.39 is 0 Å². The lowest BCUT2D eigenvalue weighted by molar-refractivity contribution is 0.177. The van der Waals surface area contributed by atoms with Crippen molar-refractivity contribution in [3.63, 3.8) is 0 Å². The van der Waals surface area contributed by atoms with E-state index in [0.29, 0.717) is 12.6 Å². The second-order valence-corrected chi connectivity index (χ2v) is 8.86. The molecule has 0 unspecified atom stereocenters. The first-order valence-corrected chi connectivity index (χ1v) is 10.7. The van der Waals surface area contributed by atoms with Crippen molar-refractivity contribution in [3.8, 4) is 0 Å². The van der Waals surface area contributed by atoms with Gasteiger partial charge in [0, 0.05) is 32.2 Å². The van der Waals surface area contributed by atoms with Crippen LogP contribution in [0.2, 0.25) is 0 Å². The van der Waals surface area contributed by atoms with Gasteiger partial charge >= 0.3 is 6.03 Å². The molecule has 2 fully saturated rings. The van der Waals surface area contributed by atoms with Gasteiger partial charge in [-0.15, -0.1) is 0 Å². The Kier molecular flexibility index (Phi) is 4.68. The average molecular weight is 370 g/mol. The van der Waals surface area contributed by atoms with E-state index in [9.17, 15) is 4.79 Å². The number of carbonyl (C=O) groups is 1. The molecule has 0 bridgehead atoms. The summed E-state index contributed by atoms with van der Waals surface area (Å²) in [6, 6.07) is 2.70. The highest BCUT2D eigenvalue weighted by molar-refractivity contribution is 5.74. The van der Waals surface area contributed by atoms with Crippen molar-refractivity contribution in [1.82, 2.24) is 24.9 Å². The van der Waals surface area contributed by atoms with Crippen molar-refractivity contribution in [2.24, 2.45) is 11.8 Å². The van der Waals surface area contributed by atoms with E-state index in [-0.39, 0.29) is 6.03 Å². The molecule has 1 aromatic heterocycles. The molecule has 1 saturated carbocycles. The van der Waals surface area contributed by atoms with Crippen molar-refractivity contribution >= 4 is 6.03 Å². The molecular weight excluding hydrogens is 338 g/mol. The minimum absolute atomic E-state index is 0.104. The van der Waals surface area contributed by atoms with Crippen LogP contribution in [0, 0.1) is 11.8 Å². The predicted molar refractivity (Wildman–Crippen MR) is 104 cm³/mol. The molecule has 3 heterocycles. The van der Waals surface area contributed by atoms with Crippen molar-refractivity contribution < 1.29 is 4.79 Å². The molecule has 2 amide bonds. The maximum atomic E-state index is 12.6. The molecule has 0 spiro atoms. The Morgan fingerprint density at radius 2 is 1.85 bits per heavy atom. The molecule has 4 aliphatic rings. The molecule has 1 aromatic rings. The van der Waals surface area contributed by atoms with Gasteiger partial charge in [0.05, 0.1) is 24.5 Å². The zero-order chi connectivity index (χ0) is 18.2. The molecule has 2 aliphatic carbocycles. The van der Waals surface area contributed by atoms with Gasteiger partial charge in [-0.1, -0.05) is 25.0 Å². The van der Waals surface area contributed by atoms with E-state index in [1.807, 2.05) is 4.90 Å². The number of carbonyl (C=O) groups excluding carboxylic acids is 1. The lowest BCUT2D eigenvalue weighted by Gasteiger charge is -2.29. The SMILES string of the molecule is O=C(NC1CCCC1)N1CCn2nc(CN3C[C@H]4CC=CC[C@H]4C3)cc2C1. The largest absolute Gasteiger partial charge is 0.335 e. The Morgan fingerprint density at radius 3 is 2.59 bits per heavy atom. The lowest BCUT2D eigenvalue weighted by atomic mass is 9.86. The van der Waals surface area contributed by atoms with Crippen molar-refractivity contribution in [2.45, 2.75) is 64.2 Å². The minimum Gasteiger partial charge on any atom is -0.335 e. The standard InChI is InChI=1S/C21H31N5O/c27-21(22-18-7-3-4-8-18)25-9-10-26-20(15-25)11-19(23-26)14-24-12-16-5-1-2-6-17(16)13-24/h1-2,11,16-18H,3-10,12-15H2,(H,22,27)/t16-,17+. The summed E-state index contributed by atoms with van der Waals surface area (Å²) in [4.78, 5) is 17.1. The number of rotatable bonds is 3. The summed E-state index contributed by atoms with van der Waals surface area (Å²) < 4.78 is 2.11. The van der Waals surface area contributed by atoms with Gasteiger partial charge in [0.1, 0.15) is 0 Å². The Bertz CT molecular complexity index is 704. The first-order valence-electron chi connectivity index (χ1n) is 10.7. The van der Waals surface area contributed by atoms with Gasteiger partial charge in [0.2, 0.25) is 0 Å². The Balaban J connectivity index is 1.18. The molecule has 27 heavy (non-hydrogen) atoms. The van der Waals surface area contributed by atoms with E-state index in [1.165, 1.54) is 44.5 Å². The van der Waals surface area contributed by atoms with E-state index in [2.05, 4.69) is 33.1 Å². The fourth-order valence-electron chi connectivity index (χ4n) is 5.38. The summed E-state index contributed by atoms with van der Waals surface area (Å²) in [5, 5.41) is 8.05. The van der Waals surface area contributed by atoms with Gasteiger partial charge in [0.25, 0.3) is 0 Å². The maximum Gasteiger partial charge on any atom is 0.318 e. The number of nitrogens with zero attached hydrogens (tertiary/aromatic N) is 4. The fraction of sp³-hybridized carbons (Fsp3) is 0.714. The van der Waals surface area contributed by atoms with Crippen LogP contribution in [0.15, 0.2) is 18.2 Å². The topological polar surface area (TPSA) is 53.4 Å². The second-order valence-electron chi connectivity index (χ2n) is 8.86. The minimum atomic E-state index is 0.104. The maximum absolute atomic E-state index is 12.6. The van der Waals surface area contributed by atoms with Crippen LogP contribution in [-0.2, 0) is 19.6 Å². The molecule has 6 nitrogen and oxygen atoms in total. The Labute approximate surface area is 161 Å². The first-order chi connectivity index (χ1) is 13.2. The molecule has 5 rings (SSSR count). The summed E-state index contributed by atoms with van der Waals surface area (Å²) in [7, 11) is 0. The quantitative estimate of drug-likeness (QED) is 0.834. The number of likely N-dealkylation sites (tertiary alicyclic amines) is 1. The summed E-state index contributed by atoms with van der Waals surface area (Å²) in [6.45, 7) is 5.59. The summed E-state index contributed by atoms with van der Waals surface area (Å²) in [5.74, 6) is 1.67. The van der Waals surface area contributed by atoms with E-state index in [4.69, 9.17) is 5.10 Å². The normalized spacial score (nSPS) is 28.4. The Morgan fingerprint density at radius 1 is 1.11 bits per heavy atom. The van der Waals surface area contributed by atoms with Crippen LogP contribution in [0.5, 0.6) is 0 Å². The zero-order valence-corrected chi connectivity index (χ0v) is 16.1. The number of nitrogens with one attached hydrogen (secondary N) is 1. The van der Waals surface area contributed by atoms with Crippen LogP contribution < -0.4 is 5.32 Å². The van der Waals surface area contributed by atoms with Crippen molar-refractivity contribution in [2.75, 3.05) is 19.6 Å². The fourth-order valence-corrected chi connectivity index (χ4v) is 5.38. The molecular formula is C21H31N5O. The summed E-state index contributed by atoms with van der Waals surface area (Å²) in [5.41, 5.74) is 2.34. The van der Waals surface area contributed by atoms with Crippen molar-refractivity contribution in [1.29, 1.82) is 0 Å². The number of fused-ring (bicyclic) bond motifs is 2. The van der Waals surface area contributed by atoms with E-state index in [1.54, 1.807) is 0 Å². The number of hydrogen-bond donors (Lipinski definition) is 1.